The molecule has 20 heavy (non-hydrogen) atoms. The number of carbonyl (C=O) groups is 2. The summed E-state index contributed by atoms with van der Waals surface area (Å²) in [5.74, 6) is 0.275. The van der Waals surface area contributed by atoms with E-state index in [2.05, 4.69) is 24.7 Å². The van der Waals surface area contributed by atoms with Crippen LogP contribution >= 0.6 is 0 Å². The first-order valence-corrected chi connectivity index (χ1v) is 6.96. The van der Waals surface area contributed by atoms with Crippen LogP contribution in [0, 0.1) is 17.3 Å². The van der Waals surface area contributed by atoms with Crippen molar-refractivity contribution in [3.63, 3.8) is 0 Å². The van der Waals surface area contributed by atoms with Gasteiger partial charge in [0.25, 0.3) is 0 Å². The van der Waals surface area contributed by atoms with Crippen molar-refractivity contribution < 1.29 is 19.1 Å². The van der Waals surface area contributed by atoms with Gasteiger partial charge in [-0.2, -0.15) is 0 Å². The molecule has 4 nitrogen and oxygen atoms in total. The number of fused-ring (bicyclic) bond motifs is 1. The average molecular weight is 278 g/mol. The lowest BCUT2D eigenvalue weighted by atomic mass is 9.48. The van der Waals surface area contributed by atoms with Crippen LogP contribution in [0.4, 0.5) is 0 Å². The summed E-state index contributed by atoms with van der Waals surface area (Å²) in [7, 11) is 2.62. The number of hydrogen-bond acceptors (Lipinski definition) is 4. The van der Waals surface area contributed by atoms with Gasteiger partial charge in [-0.3, -0.25) is 0 Å². The maximum atomic E-state index is 11.8. The Morgan fingerprint density at radius 1 is 1.35 bits per heavy atom. The van der Waals surface area contributed by atoms with Gasteiger partial charge in [-0.15, -0.1) is 0 Å². The fourth-order valence-electron chi connectivity index (χ4n) is 3.41. The van der Waals surface area contributed by atoms with E-state index in [9.17, 15) is 9.59 Å². The third-order valence-corrected chi connectivity index (χ3v) is 4.92. The number of rotatable bonds is 4. The van der Waals surface area contributed by atoms with Crippen molar-refractivity contribution in [1.82, 2.24) is 0 Å². The van der Waals surface area contributed by atoms with Gasteiger partial charge < -0.3 is 9.47 Å². The minimum Gasteiger partial charge on any atom is -0.466 e. The van der Waals surface area contributed by atoms with Crippen LogP contribution in [0.1, 0.15) is 33.1 Å². The van der Waals surface area contributed by atoms with Gasteiger partial charge in [0.2, 0.25) is 0 Å². The number of ether oxygens (including phenoxy) is 2. The molecule has 4 heteroatoms. The fourth-order valence-corrected chi connectivity index (χ4v) is 3.41. The van der Waals surface area contributed by atoms with Crippen LogP contribution in [0.25, 0.3) is 0 Å². The molecule has 2 atom stereocenters. The second-order valence-corrected chi connectivity index (χ2v) is 6.18. The molecule has 0 spiro atoms. The monoisotopic (exact) mass is 278 g/mol. The minimum atomic E-state index is -0.521. The lowest BCUT2D eigenvalue weighted by Gasteiger charge is -2.56. The third kappa shape index (κ3) is 2.51. The van der Waals surface area contributed by atoms with Crippen LogP contribution in [0.5, 0.6) is 0 Å². The first-order chi connectivity index (χ1) is 9.40. The molecule has 0 heterocycles. The predicted octanol–water partition coefficient (Wildman–Crippen LogP) is 2.64. The summed E-state index contributed by atoms with van der Waals surface area (Å²) in [5, 5.41) is 0. The van der Waals surface area contributed by atoms with E-state index in [1.54, 1.807) is 0 Å². The number of esters is 2. The summed E-state index contributed by atoms with van der Waals surface area (Å²) < 4.78 is 9.36. The highest BCUT2D eigenvalue weighted by atomic mass is 16.5. The maximum Gasteiger partial charge on any atom is 0.334 e. The minimum absolute atomic E-state index is 0.302. The van der Waals surface area contributed by atoms with Crippen molar-refractivity contribution in [3.05, 3.63) is 23.3 Å². The first-order valence-electron chi connectivity index (χ1n) is 6.96. The van der Waals surface area contributed by atoms with Gasteiger partial charge in [0, 0.05) is 18.1 Å². The highest BCUT2D eigenvalue weighted by Crippen LogP contribution is 2.60. The fraction of sp³-hybridized carbons (Fsp3) is 0.625. The summed E-state index contributed by atoms with van der Waals surface area (Å²) in [6.07, 6.45) is 6.18. The second-order valence-electron chi connectivity index (χ2n) is 6.18. The molecule has 0 amide bonds. The summed E-state index contributed by atoms with van der Waals surface area (Å²) >= 11 is 0. The Morgan fingerprint density at radius 2 is 2.05 bits per heavy atom. The first kappa shape index (κ1) is 14.8. The average Bonchev–Trinajstić information content (AvgIpc) is 2.45. The van der Waals surface area contributed by atoms with Crippen molar-refractivity contribution in [1.29, 1.82) is 0 Å². The molecule has 110 valence electrons. The van der Waals surface area contributed by atoms with E-state index in [0.29, 0.717) is 23.3 Å². The van der Waals surface area contributed by atoms with E-state index in [1.165, 1.54) is 32.3 Å². The van der Waals surface area contributed by atoms with Gasteiger partial charge in [0.15, 0.2) is 0 Å². The number of methoxy groups -OCH3 is 2. The molecule has 0 saturated heterocycles. The maximum absolute atomic E-state index is 11.8. The van der Waals surface area contributed by atoms with Crippen LogP contribution < -0.4 is 0 Å². The molecule has 0 N–H and O–H groups in total. The zero-order valence-corrected chi connectivity index (χ0v) is 12.6. The van der Waals surface area contributed by atoms with Gasteiger partial charge in [0.1, 0.15) is 0 Å². The Morgan fingerprint density at radius 3 is 2.55 bits per heavy atom. The van der Waals surface area contributed by atoms with E-state index in [-0.39, 0.29) is 0 Å². The van der Waals surface area contributed by atoms with Crippen LogP contribution in [-0.2, 0) is 19.1 Å². The molecular weight excluding hydrogens is 256 g/mol. The third-order valence-electron chi connectivity index (χ3n) is 4.92. The quantitative estimate of drug-likeness (QED) is 0.450. The molecule has 0 aromatic rings. The molecule has 0 radical (unpaired) electrons. The molecule has 0 aromatic carbocycles. The highest BCUT2D eigenvalue weighted by Gasteiger charge is 2.51. The summed E-state index contributed by atoms with van der Waals surface area (Å²) in [6, 6.07) is 0. The second kappa shape index (κ2) is 5.43. The normalized spacial score (nSPS) is 27.2. The smallest absolute Gasteiger partial charge is 0.334 e. The topological polar surface area (TPSA) is 52.6 Å². The summed E-state index contributed by atoms with van der Waals surface area (Å²) in [5.41, 5.74) is 1.92. The van der Waals surface area contributed by atoms with E-state index < -0.39 is 11.9 Å². The van der Waals surface area contributed by atoms with Crippen LogP contribution in [0.3, 0.4) is 0 Å². The number of carbonyl (C=O) groups excluding carboxylic acids is 2. The Kier molecular flexibility index (Phi) is 4.02. The molecule has 1 saturated carbocycles. The summed E-state index contributed by atoms with van der Waals surface area (Å²) in [6.45, 7) is 4.56. The van der Waals surface area contributed by atoms with Gasteiger partial charge in [-0.25, -0.2) is 9.59 Å². The SMILES string of the molecule is COC(=O)/C=C(/CC1=CCC2CC1C2(C)C)C(=O)OC. The number of allylic oxidation sites excluding steroid dienone is 2. The van der Waals surface area contributed by atoms with Crippen molar-refractivity contribution in [2.24, 2.45) is 17.3 Å². The predicted molar refractivity (Wildman–Crippen MR) is 74.8 cm³/mol. The van der Waals surface area contributed by atoms with Crippen LogP contribution in [-0.4, -0.2) is 26.2 Å². The molecule has 0 aliphatic heterocycles. The van der Waals surface area contributed by atoms with E-state index >= 15 is 0 Å². The molecule has 2 bridgehead atoms. The van der Waals surface area contributed by atoms with E-state index in [4.69, 9.17) is 4.74 Å². The molecule has 3 aliphatic rings. The molecule has 1 fully saturated rings. The molecule has 3 aliphatic carbocycles. The lowest BCUT2D eigenvalue weighted by molar-refractivity contribution is -0.138. The Bertz CT molecular complexity index is 485. The zero-order chi connectivity index (χ0) is 14.9. The Labute approximate surface area is 119 Å². The van der Waals surface area contributed by atoms with Gasteiger partial charge in [-0.1, -0.05) is 25.5 Å². The van der Waals surface area contributed by atoms with Crippen LogP contribution in [0.15, 0.2) is 23.3 Å². The molecular formula is C16H22O4. The molecule has 2 unspecified atom stereocenters. The number of hydrogen-bond donors (Lipinski definition) is 0. The van der Waals surface area contributed by atoms with Crippen LogP contribution in [0.2, 0.25) is 0 Å². The molecule has 0 aromatic heterocycles. The van der Waals surface area contributed by atoms with Crippen molar-refractivity contribution in [2.75, 3.05) is 14.2 Å². The van der Waals surface area contributed by atoms with Gasteiger partial charge >= 0.3 is 11.9 Å². The van der Waals surface area contributed by atoms with E-state index in [0.717, 1.165) is 12.3 Å². The largest absolute Gasteiger partial charge is 0.466 e. The van der Waals surface area contributed by atoms with Crippen molar-refractivity contribution in [2.45, 2.75) is 33.1 Å². The van der Waals surface area contributed by atoms with Gasteiger partial charge in [-0.05, 0) is 30.1 Å². The Hall–Kier alpha value is -1.58. The lowest BCUT2D eigenvalue weighted by Crippen LogP contribution is -2.48. The standard InChI is InChI=1S/C16H22O4/c1-16(2)12-6-5-10(13(16)9-12)7-11(15(18)20-4)8-14(17)19-3/h5,8,12-13H,6-7,9H2,1-4H3/b11-8-. The summed E-state index contributed by atoms with van der Waals surface area (Å²) in [4.78, 5) is 23.2. The zero-order valence-electron chi connectivity index (χ0n) is 12.6. The van der Waals surface area contributed by atoms with Crippen molar-refractivity contribution >= 4 is 11.9 Å². The molecule has 3 rings (SSSR count). The highest BCUT2D eigenvalue weighted by molar-refractivity contribution is 5.96. The van der Waals surface area contributed by atoms with Crippen molar-refractivity contribution in [3.8, 4) is 0 Å². The Balaban J connectivity index is 2.17. The van der Waals surface area contributed by atoms with Gasteiger partial charge in [0.05, 0.1) is 14.2 Å². The van der Waals surface area contributed by atoms with E-state index in [1.807, 2.05) is 0 Å².